The molecule has 1 N–H and O–H groups in total. The molecule has 256 valence electrons. The number of aliphatic carboxylic acids is 1. The molecule has 0 bridgehead atoms. The normalized spacial score (nSPS) is 12.3. The van der Waals surface area contributed by atoms with Crippen LogP contribution in [0.15, 0.2) is 115 Å². The fraction of sp³-hybridized carbons (Fsp3) is 0.243. The first kappa shape index (κ1) is 39.6. The summed E-state index contributed by atoms with van der Waals surface area (Å²) in [7, 11) is 2.43. The number of benzene rings is 3. The van der Waals surface area contributed by atoms with Gasteiger partial charge in [0.25, 0.3) is 0 Å². The van der Waals surface area contributed by atoms with Gasteiger partial charge in [0.2, 0.25) is 0 Å². The van der Waals surface area contributed by atoms with E-state index in [1.54, 1.807) is 0 Å². The van der Waals surface area contributed by atoms with Crippen LogP contribution in [0.25, 0.3) is 10.9 Å². The number of carboxylic acids is 1. The molecule has 0 spiro atoms. The van der Waals surface area contributed by atoms with Crippen molar-refractivity contribution in [3.8, 4) is 0 Å². The zero-order chi connectivity index (χ0) is 35.9. The van der Waals surface area contributed by atoms with Gasteiger partial charge in [-0.25, -0.2) is 4.39 Å². The van der Waals surface area contributed by atoms with Gasteiger partial charge < -0.3 is 14.4 Å². The molecule has 5 nitrogen and oxygen atoms in total. The van der Waals surface area contributed by atoms with E-state index in [9.17, 15) is 31.5 Å². The van der Waals surface area contributed by atoms with Crippen molar-refractivity contribution >= 4 is 31.9 Å². The van der Waals surface area contributed by atoms with Crippen molar-refractivity contribution in [2.45, 2.75) is 51.9 Å². The number of carbonyl (C=O) groups excluding carboxylic acids is 1. The van der Waals surface area contributed by atoms with Crippen molar-refractivity contribution in [2.24, 2.45) is 0 Å². The predicted octanol–water partition coefficient (Wildman–Crippen LogP) is 9.74. The Morgan fingerprint density at radius 1 is 0.979 bits per heavy atom. The third-order valence-electron chi connectivity index (χ3n) is 6.81. The van der Waals surface area contributed by atoms with Gasteiger partial charge in [-0.2, -0.15) is 13.2 Å². The summed E-state index contributed by atoms with van der Waals surface area (Å²) in [5.74, 6) is -2.38. The summed E-state index contributed by atoms with van der Waals surface area (Å²) < 4.78 is 68.7. The van der Waals surface area contributed by atoms with Crippen molar-refractivity contribution in [3.05, 3.63) is 143 Å². The number of ether oxygens (including phenoxy) is 1. The fourth-order valence-corrected chi connectivity index (χ4v) is 4.67. The number of carbonyl (C=O) groups is 2. The molecule has 0 aliphatic rings. The quantitative estimate of drug-likeness (QED) is 0.0530. The molecule has 0 saturated heterocycles. The van der Waals surface area contributed by atoms with Crippen LogP contribution in [-0.4, -0.2) is 40.7 Å². The molecule has 0 aliphatic heterocycles. The molecule has 1 heterocycles. The standard InChI is InChI=1S/C27H26F4NO2P.C9H10O2.CH3F/c1-3-21(26(28)35)14-23(12-13-27(29,30)31)34-17-20-10-8-19(9-11-20)16-32-24-7-5-4-6-22(24)15-25(32)18(2)33;1-7-2-4-8(5-3-7)6-9(10)11;1-2/h3-12,14-15,26H,1,13,16-17,35H2,2H3;2-5H,6H2,1H3,(H,10,11);1H3/b21-14+,23-12+;;. The summed E-state index contributed by atoms with van der Waals surface area (Å²) in [5.41, 5.74) is 5.34. The molecule has 0 fully saturated rings. The molecule has 48 heavy (non-hydrogen) atoms. The Kier molecular flexibility index (Phi) is 15.9. The minimum absolute atomic E-state index is 0.00382. The number of hydrogen-bond donors (Lipinski definition) is 1. The average molecular weight is 688 g/mol. The van der Waals surface area contributed by atoms with E-state index in [-0.39, 0.29) is 30.1 Å². The van der Waals surface area contributed by atoms with Crippen molar-refractivity contribution < 1.29 is 41.4 Å². The largest absolute Gasteiger partial charge is 0.489 e. The Bertz CT molecular complexity index is 1710. The van der Waals surface area contributed by atoms with Gasteiger partial charge in [-0.05, 0) is 53.5 Å². The minimum atomic E-state index is -4.41. The van der Waals surface area contributed by atoms with Gasteiger partial charge in [-0.15, -0.1) is 0 Å². The highest BCUT2D eigenvalue weighted by Crippen LogP contribution is 2.25. The Morgan fingerprint density at radius 2 is 1.56 bits per heavy atom. The van der Waals surface area contributed by atoms with E-state index in [2.05, 4.69) is 6.58 Å². The lowest BCUT2D eigenvalue weighted by Gasteiger charge is -2.12. The number of Topliss-reactive ketones (excluding diaryl/α,β-unsaturated/α-hetero) is 1. The predicted molar refractivity (Wildman–Crippen MR) is 183 cm³/mol. The highest BCUT2D eigenvalue weighted by Gasteiger charge is 2.25. The molecule has 11 heteroatoms. The van der Waals surface area contributed by atoms with Crippen LogP contribution in [0.2, 0.25) is 0 Å². The number of halogens is 5. The van der Waals surface area contributed by atoms with E-state index >= 15 is 0 Å². The first-order chi connectivity index (χ1) is 22.8. The Balaban J connectivity index is 0.000000517. The number of para-hydroxylation sites is 1. The number of fused-ring (bicyclic) bond motifs is 1. The van der Waals surface area contributed by atoms with Gasteiger partial charge in [0.15, 0.2) is 5.78 Å². The van der Waals surface area contributed by atoms with Gasteiger partial charge in [0.1, 0.15) is 18.3 Å². The van der Waals surface area contributed by atoms with E-state index in [0.717, 1.165) is 39.2 Å². The van der Waals surface area contributed by atoms with Crippen LogP contribution < -0.4 is 0 Å². The van der Waals surface area contributed by atoms with Crippen molar-refractivity contribution in [3.63, 3.8) is 0 Å². The lowest BCUT2D eigenvalue weighted by Crippen LogP contribution is -2.07. The van der Waals surface area contributed by atoms with Crippen LogP contribution >= 0.6 is 9.24 Å². The molecule has 1 aromatic heterocycles. The lowest BCUT2D eigenvalue weighted by atomic mass is 10.1. The monoisotopic (exact) mass is 687 g/mol. The van der Waals surface area contributed by atoms with Crippen molar-refractivity contribution in [2.75, 3.05) is 7.18 Å². The van der Waals surface area contributed by atoms with E-state index in [1.807, 2.05) is 99.6 Å². The first-order valence-electron chi connectivity index (χ1n) is 14.7. The zero-order valence-corrected chi connectivity index (χ0v) is 28.1. The van der Waals surface area contributed by atoms with Gasteiger partial charge in [0.05, 0.1) is 25.7 Å². The van der Waals surface area contributed by atoms with Crippen LogP contribution in [0, 0.1) is 6.92 Å². The maximum atomic E-state index is 13.6. The average Bonchev–Trinajstić information content (AvgIpc) is 3.41. The Hall–Kier alpha value is -4.56. The van der Waals surface area contributed by atoms with Crippen molar-refractivity contribution in [1.29, 1.82) is 0 Å². The topological polar surface area (TPSA) is 68.5 Å². The third-order valence-corrected chi connectivity index (χ3v) is 7.20. The van der Waals surface area contributed by atoms with Crippen LogP contribution in [0.3, 0.4) is 0 Å². The molecule has 4 rings (SSSR count). The van der Waals surface area contributed by atoms with Crippen LogP contribution in [0.4, 0.5) is 22.0 Å². The van der Waals surface area contributed by atoms with Crippen LogP contribution in [0.5, 0.6) is 0 Å². The molecule has 0 radical (unpaired) electrons. The highest BCUT2D eigenvalue weighted by atomic mass is 31.0. The second-order valence-corrected chi connectivity index (χ2v) is 11.2. The van der Waals surface area contributed by atoms with Gasteiger partial charge >= 0.3 is 12.1 Å². The summed E-state index contributed by atoms with van der Waals surface area (Å²) in [6.07, 6.45) is -2.16. The summed E-state index contributed by atoms with van der Waals surface area (Å²) in [6.45, 7) is 7.48. The Morgan fingerprint density at radius 3 is 2.10 bits per heavy atom. The number of alkyl halides is 5. The SMILES string of the molecule is C=C/C(=C\C(=C/CC(F)(F)F)OCc1ccc(Cn2c(C(C)=O)cc3ccccc32)cc1)C(F)P.CF.Cc1ccc(CC(=O)O)cc1. The molecule has 0 saturated carbocycles. The van der Waals surface area contributed by atoms with Crippen molar-refractivity contribution in [1.82, 2.24) is 4.57 Å². The highest BCUT2D eigenvalue weighted by molar-refractivity contribution is 7.17. The molecule has 2 atom stereocenters. The molecule has 0 aliphatic carbocycles. The Labute approximate surface area is 279 Å². The number of carboxylic acid groups (broad SMARTS) is 1. The second kappa shape index (κ2) is 19.3. The van der Waals surface area contributed by atoms with E-state index < -0.39 is 24.5 Å². The van der Waals surface area contributed by atoms with Crippen LogP contribution in [0.1, 0.15) is 46.1 Å². The van der Waals surface area contributed by atoms with E-state index in [4.69, 9.17) is 9.84 Å². The molecule has 0 amide bonds. The molecule has 3 aromatic carbocycles. The lowest BCUT2D eigenvalue weighted by molar-refractivity contribution is -0.136. The van der Waals surface area contributed by atoms with Crippen LogP contribution in [-0.2, 0) is 29.1 Å². The van der Waals surface area contributed by atoms with E-state index in [1.165, 1.54) is 19.1 Å². The second-order valence-electron chi connectivity index (χ2n) is 10.6. The number of allylic oxidation sites excluding steroid dienone is 4. The minimum Gasteiger partial charge on any atom is -0.489 e. The number of aromatic nitrogens is 1. The number of hydrogen-bond acceptors (Lipinski definition) is 3. The van der Waals surface area contributed by atoms with Gasteiger partial charge in [0, 0.05) is 24.4 Å². The molecule has 4 aromatic rings. The number of rotatable bonds is 12. The smallest absolute Gasteiger partial charge is 0.392 e. The zero-order valence-electron chi connectivity index (χ0n) is 26.9. The summed E-state index contributed by atoms with van der Waals surface area (Å²) >= 11 is 0. The maximum absolute atomic E-state index is 13.6. The fourth-order valence-electron chi connectivity index (χ4n) is 4.43. The van der Waals surface area contributed by atoms with Gasteiger partial charge in [-0.1, -0.05) is 94.2 Å². The number of nitrogens with zero attached hydrogens (tertiary/aromatic N) is 1. The number of ketones is 1. The number of aryl methyl sites for hydroxylation is 1. The third kappa shape index (κ3) is 13.3. The molecular weight excluding hydrogens is 648 g/mol. The molecular formula is C37H39F5NO4P. The van der Waals surface area contributed by atoms with Gasteiger partial charge in [-0.3, -0.25) is 14.0 Å². The molecule has 2 unspecified atom stereocenters. The summed E-state index contributed by atoms with van der Waals surface area (Å²) in [6, 6.07) is 24.5. The summed E-state index contributed by atoms with van der Waals surface area (Å²) in [4.78, 5) is 22.4. The van der Waals surface area contributed by atoms with E-state index in [0.29, 0.717) is 19.4 Å². The first-order valence-corrected chi connectivity index (χ1v) is 15.4. The maximum Gasteiger partial charge on any atom is 0.392 e. The summed E-state index contributed by atoms with van der Waals surface area (Å²) in [5, 5.41) is 9.42.